The smallest absolute Gasteiger partial charge is 0.0352 e. The molecule has 0 heterocycles. The van der Waals surface area contributed by atoms with Crippen molar-refractivity contribution in [3.05, 3.63) is 23.8 Å². The van der Waals surface area contributed by atoms with Gasteiger partial charge in [-0.05, 0) is 18.3 Å². The molecule has 86 valence electrons. The third-order valence-corrected chi connectivity index (χ3v) is 4.82. The summed E-state index contributed by atoms with van der Waals surface area (Å²) in [5, 5.41) is 0. The molecule has 3 unspecified atom stereocenters. The van der Waals surface area contributed by atoms with Gasteiger partial charge >= 0.3 is 0 Å². The summed E-state index contributed by atoms with van der Waals surface area (Å²) < 4.78 is 0.692. The van der Waals surface area contributed by atoms with Gasteiger partial charge in [0, 0.05) is 3.92 Å². The van der Waals surface area contributed by atoms with Crippen molar-refractivity contribution in [2.24, 2.45) is 11.8 Å². The Hall–Kier alpha value is 0.210. The summed E-state index contributed by atoms with van der Waals surface area (Å²) in [5.74, 6) is 1.61. The van der Waals surface area contributed by atoms with Crippen LogP contribution in [0.5, 0.6) is 0 Å². The molecule has 0 nitrogen and oxygen atoms in total. The van der Waals surface area contributed by atoms with Crippen molar-refractivity contribution in [3.63, 3.8) is 0 Å². The number of halogens is 1. The fraction of sp³-hybridized carbons (Fsp3) is 0.714. The third-order valence-electron chi connectivity index (χ3n) is 3.27. The summed E-state index contributed by atoms with van der Waals surface area (Å²) in [6, 6.07) is 0. The molecule has 3 atom stereocenters. The molecule has 0 bridgehead atoms. The second-order valence-electron chi connectivity index (χ2n) is 4.67. The van der Waals surface area contributed by atoms with Crippen LogP contribution in [0.3, 0.4) is 0 Å². The van der Waals surface area contributed by atoms with Crippen molar-refractivity contribution in [1.82, 2.24) is 0 Å². The second kappa shape index (κ2) is 6.72. The number of alkyl halides is 1. The van der Waals surface area contributed by atoms with Crippen molar-refractivity contribution < 1.29 is 0 Å². The van der Waals surface area contributed by atoms with Crippen molar-refractivity contribution in [3.8, 4) is 0 Å². The van der Waals surface area contributed by atoms with Crippen LogP contribution in [0.25, 0.3) is 0 Å². The summed E-state index contributed by atoms with van der Waals surface area (Å²) in [4.78, 5) is 0. The molecule has 0 N–H and O–H groups in total. The lowest BCUT2D eigenvalue weighted by atomic mass is 9.88. The average Bonchev–Trinajstić information content (AvgIpc) is 2.23. The Morgan fingerprint density at radius 1 is 1.40 bits per heavy atom. The molecule has 0 aromatic rings. The van der Waals surface area contributed by atoms with Gasteiger partial charge in [-0.2, -0.15) is 0 Å². The Morgan fingerprint density at radius 3 is 2.67 bits per heavy atom. The highest BCUT2D eigenvalue weighted by Crippen LogP contribution is 2.28. The molecule has 0 aromatic carbocycles. The van der Waals surface area contributed by atoms with E-state index >= 15 is 0 Å². The first-order chi connectivity index (χ1) is 7.17. The molecule has 1 heteroatoms. The maximum absolute atomic E-state index is 2.52. The SMILES string of the molecule is CCCC(CC)CC1=CC(C)C(I)C=C1. The van der Waals surface area contributed by atoms with Gasteiger partial charge in [0.1, 0.15) is 0 Å². The van der Waals surface area contributed by atoms with Gasteiger partial charge in [-0.3, -0.25) is 0 Å². The van der Waals surface area contributed by atoms with E-state index in [1.807, 2.05) is 0 Å². The molecule has 1 aliphatic carbocycles. The Balaban J connectivity index is 2.51. The average molecular weight is 318 g/mol. The minimum Gasteiger partial charge on any atom is -0.0774 e. The van der Waals surface area contributed by atoms with E-state index in [0.29, 0.717) is 9.84 Å². The van der Waals surface area contributed by atoms with Gasteiger partial charge in [0.15, 0.2) is 0 Å². The van der Waals surface area contributed by atoms with Gasteiger partial charge in [0.05, 0.1) is 0 Å². The Labute approximate surface area is 108 Å². The van der Waals surface area contributed by atoms with E-state index < -0.39 is 0 Å². The van der Waals surface area contributed by atoms with Gasteiger partial charge in [-0.25, -0.2) is 0 Å². The van der Waals surface area contributed by atoms with E-state index in [1.165, 1.54) is 25.7 Å². The summed E-state index contributed by atoms with van der Waals surface area (Å²) in [6.45, 7) is 6.93. The van der Waals surface area contributed by atoms with Crippen LogP contribution < -0.4 is 0 Å². The van der Waals surface area contributed by atoms with E-state index in [-0.39, 0.29) is 0 Å². The van der Waals surface area contributed by atoms with Crippen LogP contribution in [-0.2, 0) is 0 Å². The summed E-state index contributed by atoms with van der Waals surface area (Å²) in [6.07, 6.45) is 12.5. The third kappa shape index (κ3) is 4.29. The van der Waals surface area contributed by atoms with Crippen molar-refractivity contribution in [1.29, 1.82) is 0 Å². The monoisotopic (exact) mass is 318 g/mol. The molecule has 0 spiro atoms. The van der Waals surface area contributed by atoms with Gasteiger partial charge < -0.3 is 0 Å². The maximum atomic E-state index is 2.52. The number of hydrogen-bond acceptors (Lipinski definition) is 0. The van der Waals surface area contributed by atoms with Crippen molar-refractivity contribution in [2.45, 2.75) is 50.4 Å². The highest BCUT2D eigenvalue weighted by Gasteiger charge is 2.15. The van der Waals surface area contributed by atoms with Crippen LogP contribution >= 0.6 is 22.6 Å². The normalized spacial score (nSPS) is 27.6. The summed E-state index contributed by atoms with van der Waals surface area (Å²) in [5.41, 5.74) is 1.57. The lowest BCUT2D eigenvalue weighted by Gasteiger charge is -2.21. The fourth-order valence-electron chi connectivity index (χ4n) is 2.20. The molecule has 0 saturated heterocycles. The fourth-order valence-corrected chi connectivity index (χ4v) is 2.62. The van der Waals surface area contributed by atoms with Crippen LogP contribution in [-0.4, -0.2) is 3.92 Å². The molecule has 1 aliphatic rings. The molecule has 1 rings (SSSR count). The van der Waals surface area contributed by atoms with E-state index in [0.717, 1.165) is 5.92 Å². The maximum Gasteiger partial charge on any atom is 0.0352 e. The van der Waals surface area contributed by atoms with Crippen LogP contribution in [0.2, 0.25) is 0 Å². The topological polar surface area (TPSA) is 0 Å². The van der Waals surface area contributed by atoms with E-state index in [2.05, 4.69) is 61.6 Å². The number of hydrogen-bond donors (Lipinski definition) is 0. The van der Waals surface area contributed by atoms with Crippen LogP contribution in [0, 0.1) is 11.8 Å². The van der Waals surface area contributed by atoms with E-state index in [4.69, 9.17) is 0 Å². The number of allylic oxidation sites excluding steroid dienone is 4. The van der Waals surface area contributed by atoms with E-state index in [9.17, 15) is 0 Å². The molecule has 15 heavy (non-hydrogen) atoms. The van der Waals surface area contributed by atoms with Gasteiger partial charge in [0.2, 0.25) is 0 Å². The predicted molar refractivity (Wildman–Crippen MR) is 77.5 cm³/mol. The molecular weight excluding hydrogens is 295 g/mol. The predicted octanol–water partition coefficient (Wildman–Crippen LogP) is 5.14. The lowest BCUT2D eigenvalue weighted by molar-refractivity contribution is 0.461. The molecule has 0 saturated carbocycles. The van der Waals surface area contributed by atoms with Crippen LogP contribution in [0.15, 0.2) is 23.8 Å². The Morgan fingerprint density at radius 2 is 2.13 bits per heavy atom. The Bertz CT molecular complexity index is 240. The molecule has 0 fully saturated rings. The van der Waals surface area contributed by atoms with Crippen molar-refractivity contribution >= 4 is 22.6 Å². The molecular formula is C14H23I. The van der Waals surface area contributed by atoms with Crippen molar-refractivity contribution in [2.75, 3.05) is 0 Å². The molecule has 0 aliphatic heterocycles. The molecule has 0 amide bonds. The quantitative estimate of drug-likeness (QED) is 0.486. The first-order valence-electron chi connectivity index (χ1n) is 6.20. The van der Waals surface area contributed by atoms with E-state index in [1.54, 1.807) is 5.57 Å². The zero-order valence-electron chi connectivity index (χ0n) is 10.2. The minimum absolute atomic E-state index is 0.692. The summed E-state index contributed by atoms with van der Waals surface area (Å²) >= 11 is 2.52. The largest absolute Gasteiger partial charge is 0.0774 e. The number of rotatable bonds is 5. The zero-order chi connectivity index (χ0) is 11.3. The van der Waals surface area contributed by atoms with Crippen LogP contribution in [0.4, 0.5) is 0 Å². The Kier molecular flexibility index (Phi) is 5.95. The standard InChI is InChI=1S/C14H23I/c1-4-6-12(5-2)10-13-7-8-14(15)11(3)9-13/h7-9,11-12,14H,4-6,10H2,1-3H3. The highest BCUT2D eigenvalue weighted by atomic mass is 127. The highest BCUT2D eigenvalue weighted by molar-refractivity contribution is 14.1. The summed E-state index contributed by atoms with van der Waals surface area (Å²) in [7, 11) is 0. The second-order valence-corrected chi connectivity index (χ2v) is 6.11. The molecule has 0 aromatic heterocycles. The van der Waals surface area contributed by atoms with Gasteiger partial charge in [-0.15, -0.1) is 0 Å². The first-order valence-corrected chi connectivity index (χ1v) is 7.44. The molecule has 0 radical (unpaired) electrons. The zero-order valence-corrected chi connectivity index (χ0v) is 12.3. The van der Waals surface area contributed by atoms with Crippen LogP contribution in [0.1, 0.15) is 46.5 Å². The minimum atomic E-state index is 0.692. The first kappa shape index (κ1) is 13.3. The van der Waals surface area contributed by atoms with Gasteiger partial charge in [-0.1, -0.05) is 86.4 Å². The lowest BCUT2D eigenvalue weighted by Crippen LogP contribution is -2.11. The van der Waals surface area contributed by atoms with Gasteiger partial charge in [0.25, 0.3) is 0 Å².